The Morgan fingerprint density at radius 3 is 2.15 bits per heavy atom. The SMILES string of the molecule is Cc1cc(C)c(C(=O)COC2CCCCCC2)c(C)c1. The molecule has 2 nitrogen and oxygen atoms in total. The van der Waals surface area contributed by atoms with E-state index in [0.29, 0.717) is 0 Å². The van der Waals surface area contributed by atoms with E-state index in [1.807, 2.05) is 13.8 Å². The second-order valence-electron chi connectivity index (χ2n) is 6.12. The summed E-state index contributed by atoms with van der Waals surface area (Å²) in [5.74, 6) is 0.129. The molecule has 2 heteroatoms. The van der Waals surface area contributed by atoms with Crippen LogP contribution in [0.4, 0.5) is 0 Å². The van der Waals surface area contributed by atoms with Crippen molar-refractivity contribution in [2.45, 2.75) is 65.4 Å². The Bertz CT molecular complexity index is 445. The Morgan fingerprint density at radius 1 is 1.05 bits per heavy atom. The van der Waals surface area contributed by atoms with Gasteiger partial charge in [-0.2, -0.15) is 0 Å². The van der Waals surface area contributed by atoms with Gasteiger partial charge in [-0.25, -0.2) is 0 Å². The average molecular weight is 274 g/mol. The van der Waals surface area contributed by atoms with Gasteiger partial charge in [-0.3, -0.25) is 4.79 Å². The topological polar surface area (TPSA) is 26.3 Å². The van der Waals surface area contributed by atoms with Crippen LogP contribution in [0.15, 0.2) is 12.1 Å². The number of benzene rings is 1. The third kappa shape index (κ3) is 3.92. The van der Waals surface area contributed by atoms with E-state index in [-0.39, 0.29) is 18.5 Å². The van der Waals surface area contributed by atoms with Crippen LogP contribution in [0.25, 0.3) is 0 Å². The zero-order valence-corrected chi connectivity index (χ0v) is 13.0. The van der Waals surface area contributed by atoms with Crippen molar-refractivity contribution in [3.05, 3.63) is 34.4 Å². The number of hydrogen-bond acceptors (Lipinski definition) is 2. The fraction of sp³-hybridized carbons (Fsp3) is 0.611. The molecule has 110 valence electrons. The number of aryl methyl sites for hydroxylation is 3. The largest absolute Gasteiger partial charge is 0.370 e. The Morgan fingerprint density at radius 2 is 1.60 bits per heavy atom. The molecule has 0 heterocycles. The summed E-state index contributed by atoms with van der Waals surface area (Å²) >= 11 is 0. The molecule has 0 saturated heterocycles. The lowest BCUT2D eigenvalue weighted by Crippen LogP contribution is -2.19. The van der Waals surface area contributed by atoms with Gasteiger partial charge in [0, 0.05) is 5.56 Å². The van der Waals surface area contributed by atoms with Crippen molar-refractivity contribution in [3.8, 4) is 0 Å². The monoisotopic (exact) mass is 274 g/mol. The van der Waals surface area contributed by atoms with Gasteiger partial charge in [-0.05, 0) is 44.7 Å². The fourth-order valence-corrected chi connectivity index (χ4v) is 3.29. The molecule has 0 aliphatic heterocycles. The van der Waals surface area contributed by atoms with Crippen molar-refractivity contribution in [2.75, 3.05) is 6.61 Å². The highest BCUT2D eigenvalue weighted by Crippen LogP contribution is 2.21. The van der Waals surface area contributed by atoms with Crippen molar-refractivity contribution < 1.29 is 9.53 Å². The Labute approximate surface area is 122 Å². The molecular formula is C18H26O2. The lowest BCUT2D eigenvalue weighted by Gasteiger charge is -2.16. The Balaban J connectivity index is 1.98. The molecule has 0 spiro atoms. The van der Waals surface area contributed by atoms with Crippen molar-refractivity contribution in [1.82, 2.24) is 0 Å². The van der Waals surface area contributed by atoms with Crippen LogP contribution in [-0.2, 0) is 4.74 Å². The molecule has 1 aromatic carbocycles. The number of carbonyl (C=O) groups excluding carboxylic acids is 1. The minimum absolute atomic E-state index is 0.129. The second kappa shape index (κ2) is 7.03. The summed E-state index contributed by atoms with van der Waals surface area (Å²) in [6.07, 6.45) is 7.60. The minimum atomic E-state index is 0.129. The number of ketones is 1. The van der Waals surface area contributed by atoms with Gasteiger partial charge in [0.2, 0.25) is 0 Å². The van der Waals surface area contributed by atoms with Gasteiger partial charge in [0.15, 0.2) is 5.78 Å². The van der Waals surface area contributed by atoms with E-state index in [1.165, 1.54) is 31.2 Å². The van der Waals surface area contributed by atoms with E-state index in [2.05, 4.69) is 19.1 Å². The van der Waals surface area contributed by atoms with Crippen LogP contribution in [0, 0.1) is 20.8 Å². The predicted molar refractivity (Wildman–Crippen MR) is 82.4 cm³/mol. The molecule has 20 heavy (non-hydrogen) atoms. The number of hydrogen-bond donors (Lipinski definition) is 0. The van der Waals surface area contributed by atoms with Crippen LogP contribution < -0.4 is 0 Å². The third-order valence-electron chi connectivity index (χ3n) is 4.21. The summed E-state index contributed by atoms with van der Waals surface area (Å²) in [5.41, 5.74) is 4.19. The minimum Gasteiger partial charge on any atom is -0.370 e. The quantitative estimate of drug-likeness (QED) is 0.595. The fourth-order valence-electron chi connectivity index (χ4n) is 3.29. The first-order chi connectivity index (χ1) is 9.58. The third-order valence-corrected chi connectivity index (χ3v) is 4.21. The van der Waals surface area contributed by atoms with Crippen LogP contribution in [-0.4, -0.2) is 18.5 Å². The first kappa shape index (κ1) is 15.2. The summed E-state index contributed by atoms with van der Waals surface area (Å²) in [7, 11) is 0. The normalized spacial score (nSPS) is 16.9. The standard InChI is InChI=1S/C18H26O2/c1-13-10-14(2)18(15(3)11-13)17(19)12-20-16-8-6-4-5-7-9-16/h10-11,16H,4-9,12H2,1-3H3. The molecule has 1 aliphatic carbocycles. The number of Topliss-reactive ketones (excluding diaryl/α,β-unsaturated/α-hetero) is 1. The Kier molecular flexibility index (Phi) is 5.36. The second-order valence-corrected chi connectivity index (χ2v) is 6.12. The van der Waals surface area contributed by atoms with Crippen molar-refractivity contribution in [2.24, 2.45) is 0 Å². The van der Waals surface area contributed by atoms with Crippen LogP contribution in [0.3, 0.4) is 0 Å². The first-order valence-corrected chi connectivity index (χ1v) is 7.80. The zero-order valence-electron chi connectivity index (χ0n) is 13.0. The molecule has 1 fully saturated rings. The molecule has 1 aliphatic rings. The molecule has 2 rings (SSSR count). The molecule has 0 amide bonds. The van der Waals surface area contributed by atoms with Crippen molar-refractivity contribution in [3.63, 3.8) is 0 Å². The van der Waals surface area contributed by atoms with Gasteiger partial charge in [-0.15, -0.1) is 0 Å². The summed E-state index contributed by atoms with van der Waals surface area (Å²) in [4.78, 5) is 12.4. The highest BCUT2D eigenvalue weighted by Gasteiger charge is 2.17. The molecule has 0 N–H and O–H groups in total. The maximum absolute atomic E-state index is 12.4. The van der Waals surface area contributed by atoms with Gasteiger partial charge < -0.3 is 4.74 Å². The highest BCUT2D eigenvalue weighted by molar-refractivity contribution is 5.99. The van der Waals surface area contributed by atoms with Crippen LogP contribution in [0.1, 0.15) is 65.6 Å². The van der Waals surface area contributed by atoms with E-state index >= 15 is 0 Å². The molecule has 1 aromatic rings. The Hall–Kier alpha value is -1.15. The van der Waals surface area contributed by atoms with Gasteiger partial charge in [0.05, 0.1) is 6.10 Å². The van der Waals surface area contributed by atoms with Crippen LogP contribution in [0.5, 0.6) is 0 Å². The summed E-state index contributed by atoms with van der Waals surface area (Å²) < 4.78 is 5.87. The van der Waals surface area contributed by atoms with Gasteiger partial charge in [-0.1, -0.05) is 43.4 Å². The predicted octanol–water partition coefficient (Wildman–Crippen LogP) is 4.53. The van der Waals surface area contributed by atoms with Crippen molar-refractivity contribution >= 4 is 5.78 Å². The van der Waals surface area contributed by atoms with E-state index < -0.39 is 0 Å². The summed E-state index contributed by atoms with van der Waals surface area (Å²) in [5, 5.41) is 0. The average Bonchev–Trinajstić information content (AvgIpc) is 2.63. The molecular weight excluding hydrogens is 248 g/mol. The number of carbonyl (C=O) groups is 1. The van der Waals surface area contributed by atoms with E-state index in [0.717, 1.165) is 29.5 Å². The van der Waals surface area contributed by atoms with E-state index in [9.17, 15) is 4.79 Å². The number of rotatable bonds is 4. The lowest BCUT2D eigenvalue weighted by molar-refractivity contribution is 0.0388. The summed E-state index contributed by atoms with van der Waals surface area (Å²) in [6.45, 7) is 6.32. The van der Waals surface area contributed by atoms with Gasteiger partial charge >= 0.3 is 0 Å². The zero-order chi connectivity index (χ0) is 14.5. The smallest absolute Gasteiger partial charge is 0.189 e. The molecule has 0 unspecified atom stereocenters. The molecule has 0 atom stereocenters. The molecule has 1 saturated carbocycles. The molecule has 0 radical (unpaired) electrons. The van der Waals surface area contributed by atoms with Gasteiger partial charge in [0.1, 0.15) is 6.61 Å². The van der Waals surface area contributed by atoms with Crippen LogP contribution >= 0.6 is 0 Å². The summed E-state index contributed by atoms with van der Waals surface area (Å²) in [6, 6.07) is 4.15. The van der Waals surface area contributed by atoms with E-state index in [4.69, 9.17) is 4.74 Å². The molecule has 0 aromatic heterocycles. The van der Waals surface area contributed by atoms with Crippen molar-refractivity contribution in [1.29, 1.82) is 0 Å². The first-order valence-electron chi connectivity index (χ1n) is 7.80. The maximum atomic E-state index is 12.4. The lowest BCUT2D eigenvalue weighted by atomic mass is 9.97. The van der Waals surface area contributed by atoms with Crippen LogP contribution in [0.2, 0.25) is 0 Å². The highest BCUT2D eigenvalue weighted by atomic mass is 16.5. The maximum Gasteiger partial charge on any atom is 0.189 e. The van der Waals surface area contributed by atoms with E-state index in [1.54, 1.807) is 0 Å². The molecule has 0 bridgehead atoms. The van der Waals surface area contributed by atoms with Gasteiger partial charge in [0.25, 0.3) is 0 Å². The number of ether oxygens (including phenoxy) is 1.